The van der Waals surface area contributed by atoms with Crippen LogP contribution < -0.4 is 10.6 Å². The van der Waals surface area contributed by atoms with Crippen LogP contribution in [0.3, 0.4) is 0 Å². The molecule has 2 unspecified atom stereocenters. The molecular weight excluding hydrogens is 305 g/mol. The van der Waals surface area contributed by atoms with Crippen LogP contribution in [0.5, 0.6) is 0 Å². The first-order valence-electron chi connectivity index (χ1n) is 8.51. The highest BCUT2D eigenvalue weighted by atomic mass is 19.1. The van der Waals surface area contributed by atoms with Crippen LogP contribution in [0.15, 0.2) is 41.5 Å². The zero-order chi connectivity index (χ0) is 16.9. The summed E-state index contributed by atoms with van der Waals surface area (Å²) in [6, 6.07) is 8.84. The predicted molar refractivity (Wildman–Crippen MR) is 93.9 cm³/mol. The van der Waals surface area contributed by atoms with Crippen LogP contribution >= 0.6 is 0 Å². The lowest BCUT2D eigenvalue weighted by Gasteiger charge is -2.10. The second kappa shape index (κ2) is 7.47. The molecule has 1 aliphatic rings. The first-order valence-corrected chi connectivity index (χ1v) is 8.51. The second-order valence-corrected chi connectivity index (χ2v) is 6.20. The van der Waals surface area contributed by atoms with Crippen molar-refractivity contribution in [2.24, 2.45) is 10.9 Å². The molecular formula is C18H24FN5. The van der Waals surface area contributed by atoms with Gasteiger partial charge in [-0.3, -0.25) is 4.99 Å². The molecule has 128 valence electrons. The van der Waals surface area contributed by atoms with E-state index in [9.17, 15) is 4.39 Å². The van der Waals surface area contributed by atoms with Gasteiger partial charge in [0.05, 0.1) is 11.4 Å². The summed E-state index contributed by atoms with van der Waals surface area (Å²) < 4.78 is 14.7. The van der Waals surface area contributed by atoms with Crippen molar-refractivity contribution in [3.63, 3.8) is 0 Å². The van der Waals surface area contributed by atoms with Gasteiger partial charge in [0.15, 0.2) is 5.96 Å². The van der Waals surface area contributed by atoms with Crippen LogP contribution in [0, 0.1) is 11.7 Å². The number of aliphatic imine (C=N–C) groups is 1. The lowest BCUT2D eigenvalue weighted by Crippen LogP contribution is -2.39. The van der Waals surface area contributed by atoms with Crippen LogP contribution in [0.4, 0.5) is 4.39 Å². The summed E-state index contributed by atoms with van der Waals surface area (Å²) in [5, 5.41) is 11.2. The lowest BCUT2D eigenvalue weighted by atomic mass is 10.3. The molecule has 2 N–H and O–H groups in total. The predicted octanol–water partition coefficient (Wildman–Crippen LogP) is 2.52. The molecule has 1 aromatic heterocycles. The molecule has 0 bridgehead atoms. The third-order valence-electron chi connectivity index (χ3n) is 4.15. The van der Waals surface area contributed by atoms with E-state index in [0.29, 0.717) is 12.6 Å². The Balaban J connectivity index is 1.56. The average Bonchev–Trinajstić information content (AvgIpc) is 3.07. The van der Waals surface area contributed by atoms with Crippen LogP contribution in [0.2, 0.25) is 0 Å². The van der Waals surface area contributed by atoms with Crippen LogP contribution in [-0.4, -0.2) is 34.9 Å². The quantitative estimate of drug-likeness (QED) is 0.632. The number of aromatic nitrogens is 2. The van der Waals surface area contributed by atoms with Gasteiger partial charge in [0, 0.05) is 31.7 Å². The zero-order valence-corrected chi connectivity index (χ0v) is 14.2. The van der Waals surface area contributed by atoms with E-state index >= 15 is 0 Å². The number of benzene rings is 1. The number of hydrogen-bond donors (Lipinski definition) is 2. The van der Waals surface area contributed by atoms with Crippen molar-refractivity contribution in [1.82, 2.24) is 20.4 Å². The topological polar surface area (TPSA) is 54.2 Å². The van der Waals surface area contributed by atoms with Gasteiger partial charge in [0.25, 0.3) is 0 Å². The number of rotatable bonds is 6. The summed E-state index contributed by atoms with van der Waals surface area (Å²) >= 11 is 0. The van der Waals surface area contributed by atoms with E-state index in [1.165, 1.54) is 18.6 Å². The van der Waals surface area contributed by atoms with Gasteiger partial charge in [-0.2, -0.15) is 5.10 Å². The molecule has 0 saturated heterocycles. The Hall–Kier alpha value is -2.37. The minimum atomic E-state index is -0.242. The molecule has 5 nitrogen and oxygen atoms in total. The van der Waals surface area contributed by atoms with Crippen molar-refractivity contribution < 1.29 is 4.39 Å². The van der Waals surface area contributed by atoms with Gasteiger partial charge >= 0.3 is 0 Å². The summed E-state index contributed by atoms with van der Waals surface area (Å²) in [7, 11) is 0. The molecule has 1 aromatic carbocycles. The molecule has 3 rings (SSSR count). The maximum absolute atomic E-state index is 13.0. The molecule has 1 fully saturated rings. The Morgan fingerprint density at radius 1 is 1.33 bits per heavy atom. The maximum Gasteiger partial charge on any atom is 0.191 e. The highest BCUT2D eigenvalue weighted by Crippen LogP contribution is 2.28. The second-order valence-electron chi connectivity index (χ2n) is 6.20. The van der Waals surface area contributed by atoms with Crippen LogP contribution in [-0.2, 0) is 6.42 Å². The van der Waals surface area contributed by atoms with E-state index in [1.807, 2.05) is 12.3 Å². The molecule has 1 saturated carbocycles. The number of nitrogens with one attached hydrogen (secondary N) is 2. The van der Waals surface area contributed by atoms with E-state index < -0.39 is 0 Å². The van der Waals surface area contributed by atoms with E-state index in [0.717, 1.165) is 36.2 Å². The maximum atomic E-state index is 13.0. The fourth-order valence-corrected chi connectivity index (χ4v) is 2.53. The molecule has 2 atom stereocenters. The Kier molecular flexibility index (Phi) is 5.13. The highest BCUT2D eigenvalue weighted by molar-refractivity contribution is 5.80. The molecule has 0 spiro atoms. The Labute approximate surface area is 142 Å². The fraction of sp³-hybridized carbons (Fsp3) is 0.444. The molecule has 6 heteroatoms. The normalized spacial score (nSPS) is 20.0. The summed E-state index contributed by atoms with van der Waals surface area (Å²) in [6.07, 6.45) is 3.87. The largest absolute Gasteiger partial charge is 0.357 e. The van der Waals surface area contributed by atoms with Gasteiger partial charge in [-0.05, 0) is 49.6 Å². The fourth-order valence-electron chi connectivity index (χ4n) is 2.53. The monoisotopic (exact) mass is 329 g/mol. The number of halogens is 1. The van der Waals surface area contributed by atoms with Crippen LogP contribution in [0.1, 0.15) is 26.0 Å². The average molecular weight is 329 g/mol. The minimum Gasteiger partial charge on any atom is -0.357 e. The van der Waals surface area contributed by atoms with E-state index in [4.69, 9.17) is 0 Å². The number of guanidine groups is 1. The lowest BCUT2D eigenvalue weighted by molar-refractivity contribution is 0.627. The van der Waals surface area contributed by atoms with E-state index in [-0.39, 0.29) is 5.82 Å². The van der Waals surface area contributed by atoms with Gasteiger partial charge < -0.3 is 10.6 Å². The molecule has 0 aliphatic heterocycles. The van der Waals surface area contributed by atoms with Gasteiger partial charge in [-0.15, -0.1) is 0 Å². The summed E-state index contributed by atoms with van der Waals surface area (Å²) in [5.41, 5.74) is 1.82. The van der Waals surface area contributed by atoms with Gasteiger partial charge in [0.2, 0.25) is 0 Å². The van der Waals surface area contributed by atoms with E-state index in [1.54, 1.807) is 16.8 Å². The van der Waals surface area contributed by atoms with Gasteiger partial charge in [-0.1, -0.05) is 6.92 Å². The van der Waals surface area contributed by atoms with Crippen molar-refractivity contribution in [3.8, 4) is 5.69 Å². The molecule has 2 aromatic rings. The smallest absolute Gasteiger partial charge is 0.191 e. The number of nitrogens with zero attached hydrogens (tertiary/aromatic N) is 3. The molecule has 24 heavy (non-hydrogen) atoms. The van der Waals surface area contributed by atoms with Gasteiger partial charge in [-0.25, -0.2) is 9.07 Å². The third-order valence-corrected chi connectivity index (χ3v) is 4.15. The van der Waals surface area contributed by atoms with E-state index in [2.05, 4.69) is 34.6 Å². The van der Waals surface area contributed by atoms with Crippen molar-refractivity contribution in [3.05, 3.63) is 48.0 Å². The standard InChI is InChI=1S/C18H24FN5/c1-3-20-18(22-17-12-13(17)2)21-10-8-15-9-11-24(23-15)16-6-4-14(19)5-7-16/h4-7,9,11,13,17H,3,8,10,12H2,1-2H3,(H2,20,21,22). The van der Waals surface area contributed by atoms with Crippen molar-refractivity contribution in [1.29, 1.82) is 0 Å². The minimum absolute atomic E-state index is 0.242. The molecule has 0 radical (unpaired) electrons. The van der Waals surface area contributed by atoms with Crippen LogP contribution in [0.25, 0.3) is 5.69 Å². The Morgan fingerprint density at radius 2 is 2.08 bits per heavy atom. The Bertz CT molecular complexity index is 692. The van der Waals surface area contributed by atoms with Crippen molar-refractivity contribution in [2.75, 3.05) is 13.1 Å². The summed E-state index contributed by atoms with van der Waals surface area (Å²) in [4.78, 5) is 4.61. The van der Waals surface area contributed by atoms with Gasteiger partial charge in [0.1, 0.15) is 5.82 Å². The molecule has 1 aliphatic carbocycles. The number of hydrogen-bond acceptors (Lipinski definition) is 2. The van der Waals surface area contributed by atoms with Crippen molar-refractivity contribution in [2.45, 2.75) is 32.7 Å². The summed E-state index contributed by atoms with van der Waals surface area (Å²) in [5.74, 6) is 1.37. The Morgan fingerprint density at radius 3 is 2.75 bits per heavy atom. The first-order chi connectivity index (χ1) is 11.7. The first kappa shape index (κ1) is 16.5. The molecule has 1 heterocycles. The highest BCUT2D eigenvalue weighted by Gasteiger charge is 2.33. The van der Waals surface area contributed by atoms with Crippen molar-refractivity contribution >= 4 is 5.96 Å². The zero-order valence-electron chi connectivity index (χ0n) is 14.2. The molecule has 0 amide bonds. The SMILES string of the molecule is CCNC(=NCCc1ccn(-c2ccc(F)cc2)n1)NC1CC1C. The summed E-state index contributed by atoms with van der Waals surface area (Å²) in [6.45, 7) is 5.84. The third kappa shape index (κ3) is 4.34.